The van der Waals surface area contributed by atoms with Crippen LogP contribution in [0.15, 0.2) is 24.3 Å². The Morgan fingerprint density at radius 2 is 1.53 bits per heavy atom. The van der Waals surface area contributed by atoms with Crippen LogP contribution < -0.4 is 16.0 Å². The standard InChI is InChI=1S/C29H38F4N4O6/c1-13(2)10-19(29(42)43)35-27(40)15(5)24(39)18(11-17-22(30)23(31)26(33)37-25(17)32)34-12-20(14(3)4)36-28(41)16-8-6-7-9-21(16)38/h6-9,13-15,18-20,24,34,38-39H,10-12H2,1-5H3,(H,35,40)(H,36,41)(H,42,43)/t15-,18+,19?,20-,24+/m1/s1. The fraction of sp³-hybridized carbons (Fsp3) is 0.517. The number of amides is 2. The molecular weight excluding hydrogens is 576 g/mol. The number of carboxylic acid groups (broad SMARTS) is 1. The van der Waals surface area contributed by atoms with E-state index in [1.807, 2.05) is 0 Å². The molecule has 0 bridgehead atoms. The lowest BCUT2D eigenvalue weighted by atomic mass is 9.91. The molecule has 43 heavy (non-hydrogen) atoms. The van der Waals surface area contributed by atoms with Gasteiger partial charge in [0.05, 0.1) is 17.6 Å². The topological polar surface area (TPSA) is 161 Å². The number of hydrogen-bond donors (Lipinski definition) is 6. The lowest BCUT2D eigenvalue weighted by Crippen LogP contribution is -2.55. The van der Waals surface area contributed by atoms with Crippen LogP contribution in [0.1, 0.15) is 57.0 Å². The molecular formula is C29H38F4N4O6. The van der Waals surface area contributed by atoms with Crippen molar-refractivity contribution >= 4 is 17.8 Å². The minimum absolute atomic E-state index is 0.0126. The number of rotatable bonds is 15. The van der Waals surface area contributed by atoms with E-state index in [0.29, 0.717) is 0 Å². The second-order valence-electron chi connectivity index (χ2n) is 11.2. The normalized spacial score (nSPS) is 15.1. The van der Waals surface area contributed by atoms with Crippen molar-refractivity contribution in [3.8, 4) is 5.75 Å². The summed E-state index contributed by atoms with van der Waals surface area (Å²) in [6.07, 6.45) is -2.44. The van der Waals surface area contributed by atoms with Crippen LogP contribution in [-0.4, -0.2) is 68.9 Å². The Morgan fingerprint density at radius 1 is 0.907 bits per heavy atom. The van der Waals surface area contributed by atoms with Crippen LogP contribution in [0.5, 0.6) is 5.75 Å². The second-order valence-corrected chi connectivity index (χ2v) is 11.2. The number of carbonyl (C=O) groups excluding carboxylic acids is 2. The van der Waals surface area contributed by atoms with Crippen molar-refractivity contribution in [2.24, 2.45) is 17.8 Å². The van der Waals surface area contributed by atoms with Crippen LogP contribution in [0.2, 0.25) is 0 Å². The average molecular weight is 615 g/mol. The van der Waals surface area contributed by atoms with Crippen LogP contribution in [0.4, 0.5) is 17.6 Å². The Balaban J connectivity index is 2.35. The van der Waals surface area contributed by atoms with Crippen LogP contribution >= 0.6 is 0 Å². The minimum atomic E-state index is -2.02. The lowest BCUT2D eigenvalue weighted by molar-refractivity contribution is -0.143. The molecule has 2 amide bonds. The number of aromatic hydroxyl groups is 1. The Hall–Kier alpha value is -3.78. The minimum Gasteiger partial charge on any atom is -0.507 e. The number of aliphatic carboxylic acids is 1. The van der Waals surface area contributed by atoms with Gasteiger partial charge < -0.3 is 31.3 Å². The fourth-order valence-corrected chi connectivity index (χ4v) is 4.37. The summed E-state index contributed by atoms with van der Waals surface area (Å²) >= 11 is 0. The molecule has 0 saturated heterocycles. The van der Waals surface area contributed by atoms with Gasteiger partial charge in [0.2, 0.25) is 17.7 Å². The van der Waals surface area contributed by atoms with Crippen LogP contribution in [-0.2, 0) is 16.0 Å². The largest absolute Gasteiger partial charge is 0.507 e. The van der Waals surface area contributed by atoms with Crippen molar-refractivity contribution in [1.29, 1.82) is 0 Å². The molecule has 6 N–H and O–H groups in total. The molecule has 0 saturated carbocycles. The van der Waals surface area contributed by atoms with Gasteiger partial charge in [0, 0.05) is 24.2 Å². The van der Waals surface area contributed by atoms with E-state index in [-0.39, 0.29) is 36.1 Å². The maximum atomic E-state index is 14.6. The van der Waals surface area contributed by atoms with Gasteiger partial charge in [-0.05, 0) is 36.8 Å². The van der Waals surface area contributed by atoms with Gasteiger partial charge in [0.25, 0.3) is 11.9 Å². The maximum Gasteiger partial charge on any atom is 0.326 e. The number of aliphatic hydroxyl groups is 1. The van der Waals surface area contributed by atoms with Gasteiger partial charge >= 0.3 is 5.97 Å². The summed E-state index contributed by atoms with van der Waals surface area (Å²) in [5.74, 6) is -12.3. The highest BCUT2D eigenvalue weighted by Gasteiger charge is 2.35. The van der Waals surface area contributed by atoms with E-state index in [2.05, 4.69) is 20.9 Å². The third kappa shape index (κ3) is 9.61. The number of halogens is 4. The number of nitrogens with one attached hydrogen (secondary N) is 3. The maximum absolute atomic E-state index is 14.6. The first-order valence-corrected chi connectivity index (χ1v) is 13.8. The van der Waals surface area contributed by atoms with Crippen molar-refractivity contribution in [2.75, 3.05) is 6.54 Å². The zero-order valence-corrected chi connectivity index (χ0v) is 24.5. The van der Waals surface area contributed by atoms with E-state index < -0.39 is 83.4 Å². The number of benzene rings is 1. The summed E-state index contributed by atoms with van der Waals surface area (Å²) in [7, 11) is 0. The molecule has 0 fully saturated rings. The van der Waals surface area contributed by atoms with Gasteiger partial charge in [0.1, 0.15) is 11.8 Å². The van der Waals surface area contributed by atoms with Gasteiger partial charge in [-0.15, -0.1) is 0 Å². The highest BCUT2D eigenvalue weighted by atomic mass is 19.2. The summed E-state index contributed by atoms with van der Waals surface area (Å²) < 4.78 is 56.5. The van der Waals surface area contributed by atoms with Gasteiger partial charge in [-0.3, -0.25) is 9.59 Å². The first kappa shape index (κ1) is 35.4. The summed E-state index contributed by atoms with van der Waals surface area (Å²) in [5.41, 5.74) is -1.01. The SMILES string of the molecule is CC(C)CC(NC(=O)[C@H](C)[C@H](O)[C@H](Cc1c(F)nc(F)c(F)c1F)NC[C@@H](NC(=O)c1ccccc1O)C(C)C)C(=O)O. The summed E-state index contributed by atoms with van der Waals surface area (Å²) in [6.45, 7) is 8.12. The Morgan fingerprint density at radius 3 is 2.09 bits per heavy atom. The highest BCUT2D eigenvalue weighted by molar-refractivity contribution is 5.97. The molecule has 0 radical (unpaired) electrons. The molecule has 0 aliphatic carbocycles. The van der Waals surface area contributed by atoms with Crippen LogP contribution in [0.25, 0.3) is 0 Å². The van der Waals surface area contributed by atoms with E-state index in [1.54, 1.807) is 33.8 Å². The first-order valence-electron chi connectivity index (χ1n) is 13.8. The summed E-state index contributed by atoms with van der Waals surface area (Å²) in [4.78, 5) is 40.1. The molecule has 2 aromatic rings. The number of aromatic nitrogens is 1. The second kappa shape index (κ2) is 15.6. The number of nitrogens with zero attached hydrogens (tertiary/aromatic N) is 1. The number of phenolic OH excluding ortho intramolecular Hbond substituents is 1. The van der Waals surface area contributed by atoms with Crippen molar-refractivity contribution < 1.29 is 47.3 Å². The van der Waals surface area contributed by atoms with Crippen molar-refractivity contribution in [1.82, 2.24) is 20.9 Å². The third-order valence-corrected chi connectivity index (χ3v) is 7.04. The molecule has 1 aromatic heterocycles. The number of carbonyl (C=O) groups is 3. The molecule has 5 atom stereocenters. The Bertz CT molecular complexity index is 1300. The van der Waals surface area contributed by atoms with Crippen LogP contribution in [0.3, 0.4) is 0 Å². The van der Waals surface area contributed by atoms with Gasteiger partial charge in [-0.1, -0.05) is 46.8 Å². The molecule has 0 spiro atoms. The van der Waals surface area contributed by atoms with Crippen molar-refractivity contribution in [2.45, 2.75) is 71.7 Å². The molecule has 1 heterocycles. The highest BCUT2D eigenvalue weighted by Crippen LogP contribution is 2.22. The zero-order chi connectivity index (χ0) is 32.6. The van der Waals surface area contributed by atoms with E-state index in [4.69, 9.17) is 0 Å². The Kier molecular flexibility index (Phi) is 12.9. The summed E-state index contributed by atoms with van der Waals surface area (Å²) in [6, 6.07) is 2.45. The smallest absolute Gasteiger partial charge is 0.326 e. The molecule has 0 aliphatic rings. The Labute approximate surface area is 246 Å². The quantitative estimate of drug-likeness (QED) is 0.132. The molecule has 1 aromatic carbocycles. The first-order chi connectivity index (χ1) is 20.0. The number of carboxylic acids is 1. The number of aliphatic hydroxyl groups excluding tert-OH is 1. The van der Waals surface area contributed by atoms with Gasteiger partial charge in [0.15, 0.2) is 5.82 Å². The van der Waals surface area contributed by atoms with Gasteiger partial charge in [-0.2, -0.15) is 18.2 Å². The van der Waals surface area contributed by atoms with Crippen LogP contribution in [0, 0.1) is 41.3 Å². The molecule has 10 nitrogen and oxygen atoms in total. The number of pyridine rings is 1. The third-order valence-electron chi connectivity index (χ3n) is 7.04. The predicted octanol–water partition coefficient (Wildman–Crippen LogP) is 2.91. The molecule has 238 valence electrons. The molecule has 2 rings (SSSR count). The number of para-hydroxylation sites is 1. The predicted molar refractivity (Wildman–Crippen MR) is 148 cm³/mol. The van der Waals surface area contributed by atoms with Crippen molar-refractivity contribution in [3.63, 3.8) is 0 Å². The molecule has 0 aliphatic heterocycles. The monoisotopic (exact) mass is 614 g/mol. The van der Waals surface area contributed by atoms with Gasteiger partial charge in [-0.25, -0.2) is 9.18 Å². The lowest BCUT2D eigenvalue weighted by Gasteiger charge is -2.32. The molecule has 14 heteroatoms. The van der Waals surface area contributed by atoms with E-state index in [9.17, 15) is 47.3 Å². The van der Waals surface area contributed by atoms with Crippen molar-refractivity contribution in [3.05, 3.63) is 58.9 Å². The van der Waals surface area contributed by atoms with E-state index in [1.165, 1.54) is 25.1 Å². The molecule has 1 unspecified atom stereocenters. The number of hydrogen-bond acceptors (Lipinski definition) is 7. The summed E-state index contributed by atoms with van der Waals surface area (Å²) in [5, 5.41) is 38.6. The average Bonchev–Trinajstić information content (AvgIpc) is 2.93. The van der Waals surface area contributed by atoms with E-state index in [0.717, 1.165) is 0 Å². The van der Waals surface area contributed by atoms with E-state index >= 15 is 0 Å². The fourth-order valence-electron chi connectivity index (χ4n) is 4.37. The number of phenols is 1. The zero-order valence-electron chi connectivity index (χ0n) is 24.5.